The van der Waals surface area contributed by atoms with E-state index in [1.54, 1.807) is 0 Å². The molecular weight excluding hydrogens is 358 g/mol. The Balaban J connectivity index is 1.79. The lowest BCUT2D eigenvalue weighted by Gasteiger charge is -2.09. The average Bonchev–Trinajstić information content (AvgIpc) is 2.61. The van der Waals surface area contributed by atoms with Crippen LogP contribution in [0.25, 0.3) is 0 Å². The zero-order valence-electron chi connectivity index (χ0n) is 15.3. The van der Waals surface area contributed by atoms with Crippen LogP contribution in [-0.2, 0) is 5.75 Å². The molecule has 27 heavy (non-hydrogen) atoms. The number of aromatic nitrogens is 4. The number of hydrogen-bond acceptors (Lipinski definition) is 8. The number of aryl methyl sites for hydroxylation is 3. The summed E-state index contributed by atoms with van der Waals surface area (Å²) in [7, 11) is 0. The summed E-state index contributed by atoms with van der Waals surface area (Å²) in [5.41, 5.74) is 10.2. The molecule has 0 radical (unpaired) electrons. The van der Waals surface area contributed by atoms with E-state index >= 15 is 0 Å². The quantitative estimate of drug-likeness (QED) is 0.647. The van der Waals surface area contributed by atoms with Crippen molar-refractivity contribution in [3.05, 3.63) is 58.5 Å². The molecule has 0 aliphatic rings. The van der Waals surface area contributed by atoms with E-state index in [4.69, 9.17) is 5.73 Å². The maximum atomic E-state index is 9.38. The van der Waals surface area contributed by atoms with Crippen LogP contribution in [0.1, 0.15) is 28.2 Å². The van der Waals surface area contributed by atoms with Crippen LogP contribution in [0.15, 0.2) is 35.4 Å². The summed E-state index contributed by atoms with van der Waals surface area (Å²) >= 11 is 1.41. The van der Waals surface area contributed by atoms with Crippen LogP contribution in [0.2, 0.25) is 0 Å². The van der Waals surface area contributed by atoms with E-state index in [0.717, 1.165) is 16.9 Å². The Hall–Kier alpha value is -3.18. The number of thioether (sulfide) groups is 1. The van der Waals surface area contributed by atoms with Crippen LogP contribution in [0.4, 0.5) is 17.6 Å². The third-order valence-corrected chi connectivity index (χ3v) is 4.74. The monoisotopic (exact) mass is 377 g/mol. The van der Waals surface area contributed by atoms with E-state index in [1.807, 2.05) is 51.1 Å². The predicted octanol–water partition coefficient (Wildman–Crippen LogP) is 3.68. The average molecular weight is 377 g/mol. The van der Waals surface area contributed by atoms with E-state index in [2.05, 4.69) is 31.3 Å². The number of pyridine rings is 1. The first-order chi connectivity index (χ1) is 12.9. The fraction of sp³-hybridized carbons (Fsp3) is 0.211. The number of hydrogen-bond donors (Lipinski definition) is 2. The fourth-order valence-corrected chi connectivity index (χ4v) is 3.45. The van der Waals surface area contributed by atoms with Gasteiger partial charge in [0.1, 0.15) is 16.9 Å². The molecule has 0 saturated heterocycles. The number of benzene rings is 1. The highest BCUT2D eigenvalue weighted by molar-refractivity contribution is 7.98. The van der Waals surface area contributed by atoms with Crippen molar-refractivity contribution in [2.75, 3.05) is 11.1 Å². The van der Waals surface area contributed by atoms with Gasteiger partial charge < -0.3 is 11.1 Å². The Kier molecular flexibility index (Phi) is 5.52. The first-order valence-corrected chi connectivity index (χ1v) is 9.28. The van der Waals surface area contributed by atoms with E-state index in [0.29, 0.717) is 28.1 Å². The highest BCUT2D eigenvalue weighted by atomic mass is 32.2. The molecule has 0 atom stereocenters. The number of rotatable bonds is 5. The van der Waals surface area contributed by atoms with Crippen molar-refractivity contribution in [3.8, 4) is 6.07 Å². The van der Waals surface area contributed by atoms with Gasteiger partial charge >= 0.3 is 0 Å². The molecule has 136 valence electrons. The number of nitrogens with one attached hydrogen (secondary N) is 1. The Bertz CT molecular complexity index is 1010. The molecule has 3 aromatic rings. The highest BCUT2D eigenvalue weighted by Gasteiger charge is 2.12. The molecule has 3 rings (SSSR count). The van der Waals surface area contributed by atoms with Crippen molar-refractivity contribution < 1.29 is 0 Å². The molecule has 7 nitrogen and oxygen atoms in total. The maximum absolute atomic E-state index is 9.38. The minimum absolute atomic E-state index is 0.143. The van der Waals surface area contributed by atoms with Crippen molar-refractivity contribution in [1.29, 1.82) is 5.26 Å². The first kappa shape index (κ1) is 18.6. The Morgan fingerprint density at radius 1 is 1.07 bits per heavy atom. The summed E-state index contributed by atoms with van der Waals surface area (Å²) < 4.78 is 0. The van der Waals surface area contributed by atoms with Crippen molar-refractivity contribution in [1.82, 2.24) is 19.9 Å². The lowest BCUT2D eigenvalue weighted by Crippen LogP contribution is -2.06. The van der Waals surface area contributed by atoms with Crippen molar-refractivity contribution >= 4 is 29.3 Å². The number of nitrogens with two attached hydrogens (primary N) is 1. The molecule has 0 bridgehead atoms. The van der Waals surface area contributed by atoms with Gasteiger partial charge in [-0.2, -0.15) is 20.2 Å². The standard InChI is InChI=1S/C19H19N7S/c1-11-4-6-14(7-5-11)23-19-25-16(24-18(21)26-19)10-27-17-15(9-20)12(2)8-13(3)22-17/h4-8H,10H2,1-3H3,(H3,21,23,24,25,26). The minimum atomic E-state index is 0.143. The molecule has 2 aromatic heterocycles. The number of nitrogens with zero attached hydrogens (tertiary/aromatic N) is 5. The third kappa shape index (κ3) is 4.71. The number of nitrogen functional groups attached to an aromatic ring is 1. The van der Waals surface area contributed by atoms with Crippen molar-refractivity contribution in [2.45, 2.75) is 31.6 Å². The van der Waals surface area contributed by atoms with Gasteiger partial charge in [-0.15, -0.1) is 0 Å². The molecule has 1 aromatic carbocycles. The smallest absolute Gasteiger partial charge is 0.232 e. The van der Waals surface area contributed by atoms with Gasteiger partial charge in [-0.3, -0.25) is 0 Å². The van der Waals surface area contributed by atoms with Gasteiger partial charge in [0.15, 0.2) is 0 Å². The lowest BCUT2D eigenvalue weighted by atomic mass is 10.1. The van der Waals surface area contributed by atoms with Gasteiger partial charge in [-0.25, -0.2) is 4.98 Å². The van der Waals surface area contributed by atoms with E-state index in [1.165, 1.54) is 17.3 Å². The second kappa shape index (κ2) is 8.01. The fourth-order valence-electron chi connectivity index (χ4n) is 2.50. The molecule has 0 unspecified atom stereocenters. The van der Waals surface area contributed by atoms with Crippen LogP contribution in [0.3, 0.4) is 0 Å². The summed E-state index contributed by atoms with van der Waals surface area (Å²) in [6.45, 7) is 5.83. The van der Waals surface area contributed by atoms with Crippen LogP contribution in [0, 0.1) is 32.1 Å². The number of nitriles is 1. The third-order valence-electron chi connectivity index (χ3n) is 3.77. The topological polar surface area (TPSA) is 113 Å². The van der Waals surface area contributed by atoms with Crippen molar-refractivity contribution in [2.24, 2.45) is 0 Å². The molecule has 3 N–H and O–H groups in total. The number of anilines is 3. The minimum Gasteiger partial charge on any atom is -0.368 e. The zero-order valence-corrected chi connectivity index (χ0v) is 16.1. The lowest BCUT2D eigenvalue weighted by molar-refractivity contribution is 0.974. The van der Waals surface area contributed by atoms with Crippen molar-refractivity contribution in [3.63, 3.8) is 0 Å². The SMILES string of the molecule is Cc1ccc(Nc2nc(N)nc(CSc3nc(C)cc(C)c3C#N)n2)cc1. The molecule has 0 fully saturated rings. The Morgan fingerprint density at radius 2 is 1.81 bits per heavy atom. The highest BCUT2D eigenvalue weighted by Crippen LogP contribution is 2.26. The van der Waals surface area contributed by atoms with Gasteiger partial charge in [-0.1, -0.05) is 29.5 Å². The Labute approximate surface area is 162 Å². The van der Waals surface area contributed by atoms with Crippen LogP contribution < -0.4 is 11.1 Å². The molecule has 8 heteroatoms. The summed E-state index contributed by atoms with van der Waals surface area (Å²) in [6, 6.07) is 12.0. The van der Waals surface area contributed by atoms with E-state index < -0.39 is 0 Å². The summed E-state index contributed by atoms with van der Waals surface area (Å²) in [6.07, 6.45) is 0. The van der Waals surface area contributed by atoms with Gasteiger partial charge in [0.2, 0.25) is 11.9 Å². The van der Waals surface area contributed by atoms with Crippen LogP contribution >= 0.6 is 11.8 Å². The second-order valence-electron chi connectivity index (χ2n) is 6.09. The van der Waals surface area contributed by atoms with Gasteiger partial charge in [-0.05, 0) is 44.5 Å². The molecule has 2 heterocycles. The molecular formula is C19H19N7S. The molecule has 0 aliphatic heterocycles. The molecule has 0 aliphatic carbocycles. The van der Waals surface area contributed by atoms with Crippen LogP contribution in [-0.4, -0.2) is 19.9 Å². The Morgan fingerprint density at radius 3 is 2.52 bits per heavy atom. The molecule has 0 saturated carbocycles. The van der Waals surface area contributed by atoms with Gasteiger partial charge in [0, 0.05) is 11.4 Å². The predicted molar refractivity (Wildman–Crippen MR) is 107 cm³/mol. The first-order valence-electron chi connectivity index (χ1n) is 8.30. The summed E-state index contributed by atoms with van der Waals surface area (Å²) in [5, 5.41) is 13.2. The van der Waals surface area contributed by atoms with E-state index in [9.17, 15) is 5.26 Å². The largest absolute Gasteiger partial charge is 0.368 e. The van der Waals surface area contributed by atoms with Gasteiger partial charge in [0.05, 0.1) is 11.3 Å². The zero-order chi connectivity index (χ0) is 19.4. The molecule has 0 amide bonds. The summed E-state index contributed by atoms with van der Waals surface area (Å²) in [5.74, 6) is 1.48. The van der Waals surface area contributed by atoms with Gasteiger partial charge in [0.25, 0.3) is 0 Å². The normalized spacial score (nSPS) is 10.4. The second-order valence-corrected chi connectivity index (χ2v) is 7.05. The maximum Gasteiger partial charge on any atom is 0.232 e. The van der Waals surface area contributed by atoms with E-state index in [-0.39, 0.29) is 5.95 Å². The summed E-state index contributed by atoms with van der Waals surface area (Å²) in [4.78, 5) is 17.2. The molecule has 0 spiro atoms. The van der Waals surface area contributed by atoms with Crippen LogP contribution in [0.5, 0.6) is 0 Å².